The molecule has 0 N–H and O–H groups in total. The minimum Gasteiger partial charge on any atom is -0.289 e. The standard InChI is InChI=1S/C32H12BF24.C10H12ClOS/c34-25(35,36)13-1-14(26(37,38)39)6-21(5-13)33(22-7-15(27(40,41)42)2-16(8-22)28(43,44)45,23-9-17(29(46,47)48)3-18(10-23)30(49,50)51)24-11-19(31(52,53)54)4-20(12-24)32(55,56)57;1-13(2)7-10(12)8-4-3-5-9(11)6-8/h1-12H;3-6H,7H2,1-2H3/q-1;+1. The minimum absolute atomic E-state index is 0.155. The molecule has 0 amide bonds. The third-order valence-corrected chi connectivity index (χ3v) is 11.1. The molecule has 5 aromatic rings. The van der Waals surface area contributed by atoms with E-state index in [0.717, 1.165) is 0 Å². The number of ketones is 1. The summed E-state index contributed by atoms with van der Waals surface area (Å²) in [6, 6.07) is -1.71. The summed E-state index contributed by atoms with van der Waals surface area (Å²) in [5.41, 5.74) is -29.5. The molecule has 382 valence electrons. The Bertz CT molecular complexity index is 2270. The molecule has 0 saturated carbocycles. The molecule has 1 nitrogen and oxygen atoms in total. The Labute approximate surface area is 385 Å². The van der Waals surface area contributed by atoms with Gasteiger partial charge in [0.1, 0.15) is 6.15 Å². The van der Waals surface area contributed by atoms with Crippen LogP contribution in [0.4, 0.5) is 105 Å². The van der Waals surface area contributed by atoms with E-state index in [1.54, 1.807) is 24.3 Å². The number of carbonyl (C=O) groups is 1. The van der Waals surface area contributed by atoms with Gasteiger partial charge >= 0.3 is 49.4 Å². The Morgan fingerprint density at radius 2 is 0.600 bits per heavy atom. The van der Waals surface area contributed by atoms with Crippen molar-refractivity contribution in [3.05, 3.63) is 152 Å². The fraction of sp³-hybridized carbons (Fsp3) is 0.262. The molecule has 0 saturated heterocycles. The monoisotopic (exact) mass is 1080 g/mol. The molecule has 0 atom stereocenters. The fourth-order valence-corrected chi connectivity index (χ4v) is 7.96. The van der Waals surface area contributed by atoms with Crippen LogP contribution in [0, 0.1) is 0 Å². The van der Waals surface area contributed by atoms with Crippen LogP contribution in [0.25, 0.3) is 0 Å². The van der Waals surface area contributed by atoms with Crippen molar-refractivity contribution in [3.8, 4) is 0 Å². The molecule has 0 unspecified atom stereocenters. The van der Waals surface area contributed by atoms with Gasteiger partial charge in [0.05, 0.1) is 57.0 Å². The van der Waals surface area contributed by atoms with Gasteiger partial charge in [-0.2, -0.15) is 127 Å². The van der Waals surface area contributed by atoms with Crippen molar-refractivity contribution in [2.24, 2.45) is 0 Å². The number of hydrogen-bond donors (Lipinski definition) is 0. The van der Waals surface area contributed by atoms with Crippen LogP contribution in [0.2, 0.25) is 5.02 Å². The van der Waals surface area contributed by atoms with Gasteiger partial charge in [-0.1, -0.05) is 72.3 Å². The predicted octanol–water partition coefficient (Wildman–Crippen LogP) is 13.6. The molecule has 0 aliphatic rings. The first-order valence-corrected chi connectivity index (χ1v) is 21.1. The molecule has 5 aromatic carbocycles. The highest BCUT2D eigenvalue weighted by molar-refractivity contribution is 7.96. The van der Waals surface area contributed by atoms with E-state index in [1.807, 2.05) is 0 Å². The number of benzene rings is 5. The average Bonchev–Trinajstić information content (AvgIpc) is 3.18. The first-order chi connectivity index (χ1) is 31.4. The average molecular weight is 1080 g/mol. The van der Waals surface area contributed by atoms with Crippen LogP contribution in [0.3, 0.4) is 0 Å². The maximum atomic E-state index is 14.2. The number of alkyl halides is 24. The number of Topliss-reactive ketones (excluding diaryl/α,β-unsaturated/α-hetero) is 1. The normalized spacial score (nSPS) is 13.6. The second-order valence-corrected chi connectivity index (χ2v) is 18.0. The zero-order valence-electron chi connectivity index (χ0n) is 34.3. The third kappa shape index (κ3) is 13.6. The smallest absolute Gasteiger partial charge is 0.289 e. The lowest BCUT2D eigenvalue weighted by Gasteiger charge is -2.46. The van der Waals surface area contributed by atoms with Crippen LogP contribution in [0.5, 0.6) is 0 Å². The first-order valence-electron chi connectivity index (χ1n) is 18.5. The van der Waals surface area contributed by atoms with E-state index < -0.39 is 195 Å². The van der Waals surface area contributed by atoms with Crippen LogP contribution >= 0.6 is 11.6 Å². The summed E-state index contributed by atoms with van der Waals surface area (Å²) >= 11 is 5.78. The van der Waals surface area contributed by atoms with Gasteiger partial charge in [0.15, 0.2) is 5.75 Å². The van der Waals surface area contributed by atoms with Crippen LogP contribution in [-0.4, -0.2) is 30.2 Å². The number of rotatable bonds is 7. The Hall–Kier alpha value is -5.21. The third-order valence-electron chi connectivity index (χ3n) is 10.0. The van der Waals surface area contributed by atoms with E-state index in [-0.39, 0.29) is 16.7 Å². The molecule has 0 fully saturated rings. The molecule has 0 spiro atoms. The Balaban J connectivity index is 0.000000707. The minimum atomic E-state index is -6.13. The number of carbonyl (C=O) groups excluding carboxylic acids is 1. The van der Waals surface area contributed by atoms with Crippen molar-refractivity contribution >= 4 is 56.3 Å². The second kappa shape index (κ2) is 19.4. The van der Waals surface area contributed by atoms with E-state index >= 15 is 0 Å². The van der Waals surface area contributed by atoms with Gasteiger partial charge in [-0.15, -0.1) is 0 Å². The molecule has 70 heavy (non-hydrogen) atoms. The van der Waals surface area contributed by atoms with Gasteiger partial charge in [0.25, 0.3) is 0 Å². The summed E-state index contributed by atoms with van der Waals surface area (Å²) in [5.74, 6) is 0.788. The number of hydrogen-bond acceptors (Lipinski definition) is 1. The van der Waals surface area contributed by atoms with Gasteiger partial charge in [-0.05, 0) is 47.3 Å². The topological polar surface area (TPSA) is 17.1 Å². The van der Waals surface area contributed by atoms with E-state index in [4.69, 9.17) is 11.6 Å². The summed E-state index contributed by atoms with van der Waals surface area (Å²) < 4.78 is 341. The van der Waals surface area contributed by atoms with Gasteiger partial charge in [0, 0.05) is 10.6 Å². The SMILES string of the molecule is C[S+](C)CC(=O)c1cccc(Cl)c1.FC(F)(F)c1cc([B-](c2cc(C(F)(F)F)cc(C(F)(F)F)c2)(c2cc(C(F)(F)F)cc(C(F)(F)F)c2)c2cc(C(F)(F)F)cc(C(F)(F)F)c2)cc(C(F)(F)F)c1. The van der Waals surface area contributed by atoms with Crippen molar-refractivity contribution in [1.29, 1.82) is 0 Å². The van der Waals surface area contributed by atoms with Crippen molar-refractivity contribution in [2.45, 2.75) is 49.4 Å². The van der Waals surface area contributed by atoms with Crippen LogP contribution in [0.1, 0.15) is 54.9 Å². The van der Waals surface area contributed by atoms with Crippen LogP contribution in [-0.2, 0) is 60.3 Å². The lowest BCUT2D eigenvalue weighted by molar-refractivity contribution is -0.144. The zero-order valence-corrected chi connectivity index (χ0v) is 35.9. The van der Waals surface area contributed by atoms with Crippen molar-refractivity contribution in [3.63, 3.8) is 0 Å². The molecule has 0 bridgehead atoms. The van der Waals surface area contributed by atoms with E-state index in [1.165, 1.54) is 0 Å². The lowest BCUT2D eigenvalue weighted by Crippen LogP contribution is -2.75. The maximum Gasteiger partial charge on any atom is 0.416 e. The highest BCUT2D eigenvalue weighted by Gasteiger charge is 2.47. The molecule has 0 aliphatic heterocycles. The first kappa shape index (κ1) is 57.4. The molecule has 0 aliphatic carbocycles. The summed E-state index contributed by atoms with van der Waals surface area (Å²) in [7, 11) is 0.155. The van der Waals surface area contributed by atoms with E-state index in [0.29, 0.717) is 16.3 Å². The van der Waals surface area contributed by atoms with E-state index in [2.05, 4.69) is 12.5 Å². The van der Waals surface area contributed by atoms with Crippen LogP contribution < -0.4 is 21.9 Å². The molecule has 0 radical (unpaired) electrons. The predicted molar refractivity (Wildman–Crippen MR) is 210 cm³/mol. The second-order valence-electron chi connectivity index (χ2n) is 15.3. The zero-order chi connectivity index (χ0) is 53.8. The van der Waals surface area contributed by atoms with Crippen molar-refractivity contribution < 1.29 is 110 Å². The summed E-state index contributed by atoms with van der Waals surface area (Å²) in [6.45, 7) is 0. The summed E-state index contributed by atoms with van der Waals surface area (Å²) in [6.07, 6.45) is -50.7. The lowest BCUT2D eigenvalue weighted by atomic mass is 9.12. The Morgan fingerprint density at radius 1 is 0.386 bits per heavy atom. The van der Waals surface area contributed by atoms with Gasteiger partial charge in [-0.3, -0.25) is 4.79 Å². The fourth-order valence-electron chi connectivity index (χ4n) is 7.08. The van der Waals surface area contributed by atoms with Gasteiger partial charge < -0.3 is 0 Å². The maximum absolute atomic E-state index is 14.2. The molecule has 0 aromatic heterocycles. The molecule has 0 heterocycles. The summed E-state index contributed by atoms with van der Waals surface area (Å²) in [5, 5.41) is 0.623. The highest BCUT2D eigenvalue weighted by Crippen LogP contribution is 2.41. The van der Waals surface area contributed by atoms with Crippen molar-refractivity contribution in [1.82, 2.24) is 0 Å². The molecular formula is C42H24BClF24OS. The Kier molecular flexibility index (Phi) is 15.9. The van der Waals surface area contributed by atoms with E-state index in [9.17, 15) is 110 Å². The number of halogens is 25. The van der Waals surface area contributed by atoms with Gasteiger partial charge in [-0.25, -0.2) is 0 Å². The molecule has 5 rings (SSSR count). The largest absolute Gasteiger partial charge is 0.416 e. The summed E-state index contributed by atoms with van der Waals surface area (Å²) in [4.78, 5) is 11.6. The molecular weight excluding hydrogens is 1050 g/mol. The van der Waals surface area contributed by atoms with Crippen LogP contribution in [0.15, 0.2) is 97.1 Å². The van der Waals surface area contributed by atoms with Gasteiger partial charge in [0.2, 0.25) is 5.78 Å². The Morgan fingerprint density at radius 3 is 0.771 bits per heavy atom. The highest BCUT2D eigenvalue weighted by atomic mass is 35.5. The van der Waals surface area contributed by atoms with Crippen molar-refractivity contribution in [2.75, 3.05) is 18.3 Å². The molecule has 28 heteroatoms. The quantitative estimate of drug-likeness (QED) is 0.0687.